The Bertz CT molecular complexity index is 666. The van der Waals surface area contributed by atoms with E-state index in [4.69, 9.17) is 16.9 Å². The van der Waals surface area contributed by atoms with Crippen LogP contribution in [0.1, 0.15) is 22.3 Å². The summed E-state index contributed by atoms with van der Waals surface area (Å²) in [6, 6.07) is 11.1. The number of benzene rings is 2. The van der Waals surface area contributed by atoms with E-state index in [9.17, 15) is 5.11 Å². The van der Waals surface area contributed by atoms with Crippen LogP contribution in [0.3, 0.4) is 0 Å². The molecule has 0 aliphatic carbocycles. The predicted molar refractivity (Wildman–Crippen MR) is 81.1 cm³/mol. The van der Waals surface area contributed by atoms with Crippen LogP contribution in [0.4, 0.5) is 5.69 Å². The molecule has 4 heteroatoms. The highest BCUT2D eigenvalue weighted by Gasteiger charge is 2.05. The molecule has 0 amide bonds. The molecule has 102 valence electrons. The summed E-state index contributed by atoms with van der Waals surface area (Å²) in [5.41, 5.74) is 4.04. The fourth-order valence-electron chi connectivity index (χ4n) is 2.08. The topological polar surface area (TPSA) is 56.0 Å². The first-order valence-corrected chi connectivity index (χ1v) is 6.61. The van der Waals surface area contributed by atoms with Crippen LogP contribution < -0.4 is 5.32 Å². The van der Waals surface area contributed by atoms with Crippen molar-refractivity contribution in [2.24, 2.45) is 0 Å². The number of hydrogen-bond acceptors (Lipinski definition) is 3. The maximum absolute atomic E-state index is 9.75. The zero-order chi connectivity index (χ0) is 14.7. The largest absolute Gasteiger partial charge is 0.507 e. The number of nitrogens with zero attached hydrogens (tertiary/aromatic N) is 1. The fourth-order valence-corrected chi connectivity index (χ4v) is 2.26. The Labute approximate surface area is 123 Å². The quantitative estimate of drug-likeness (QED) is 0.891. The zero-order valence-corrected chi connectivity index (χ0v) is 12.1. The number of anilines is 1. The Kier molecular flexibility index (Phi) is 4.16. The second-order valence-corrected chi connectivity index (χ2v) is 5.15. The molecule has 3 nitrogen and oxygen atoms in total. The van der Waals surface area contributed by atoms with Gasteiger partial charge in [0.15, 0.2) is 0 Å². The minimum absolute atomic E-state index is 0.332. The molecule has 2 aromatic rings. The van der Waals surface area contributed by atoms with Crippen molar-refractivity contribution in [3.8, 4) is 11.8 Å². The van der Waals surface area contributed by atoms with Gasteiger partial charge in [-0.3, -0.25) is 0 Å². The van der Waals surface area contributed by atoms with E-state index >= 15 is 0 Å². The molecule has 0 aromatic heterocycles. The van der Waals surface area contributed by atoms with E-state index in [1.807, 2.05) is 26.0 Å². The Morgan fingerprint density at radius 2 is 1.85 bits per heavy atom. The van der Waals surface area contributed by atoms with Crippen molar-refractivity contribution in [1.29, 1.82) is 5.26 Å². The van der Waals surface area contributed by atoms with Crippen molar-refractivity contribution in [1.82, 2.24) is 0 Å². The van der Waals surface area contributed by atoms with Gasteiger partial charge in [-0.25, -0.2) is 0 Å². The van der Waals surface area contributed by atoms with Gasteiger partial charge >= 0.3 is 0 Å². The molecule has 0 radical (unpaired) electrons. The normalized spacial score (nSPS) is 10.1. The molecule has 0 aliphatic heterocycles. The molecule has 2 N–H and O–H groups in total. The Balaban J connectivity index is 2.19. The maximum atomic E-state index is 9.75. The molecule has 0 saturated carbocycles. The van der Waals surface area contributed by atoms with Gasteiger partial charge in [0, 0.05) is 6.54 Å². The standard InChI is InChI=1S/C16H15ClN2O/c1-10-5-13(6-11(2)16(10)20)9-19-15-7-12(8-18)3-4-14(15)17/h3-7,19-20H,9H2,1-2H3. The first kappa shape index (κ1) is 14.2. The Hall–Kier alpha value is -2.18. The molecule has 2 aromatic carbocycles. The number of rotatable bonds is 3. The first-order chi connectivity index (χ1) is 9.51. The van der Waals surface area contributed by atoms with Gasteiger partial charge in [0.05, 0.1) is 22.3 Å². The van der Waals surface area contributed by atoms with E-state index in [2.05, 4.69) is 11.4 Å². The van der Waals surface area contributed by atoms with Crippen molar-refractivity contribution < 1.29 is 5.11 Å². The molecule has 0 fully saturated rings. The summed E-state index contributed by atoms with van der Waals surface area (Å²) >= 11 is 6.10. The number of aromatic hydroxyl groups is 1. The summed E-state index contributed by atoms with van der Waals surface area (Å²) in [6.45, 7) is 4.32. The van der Waals surface area contributed by atoms with Gasteiger partial charge in [-0.2, -0.15) is 5.26 Å². The van der Waals surface area contributed by atoms with Crippen LogP contribution in [0.2, 0.25) is 5.02 Å². The van der Waals surface area contributed by atoms with Crippen LogP contribution >= 0.6 is 11.6 Å². The Morgan fingerprint density at radius 3 is 2.45 bits per heavy atom. The molecule has 0 atom stereocenters. The lowest BCUT2D eigenvalue weighted by Crippen LogP contribution is -2.01. The number of phenolic OH excluding ortho intramolecular Hbond substituents is 1. The van der Waals surface area contributed by atoms with Gasteiger partial charge in [0.2, 0.25) is 0 Å². The molecule has 0 heterocycles. The van der Waals surface area contributed by atoms with Crippen molar-refractivity contribution in [3.05, 3.63) is 57.6 Å². The minimum atomic E-state index is 0.332. The van der Waals surface area contributed by atoms with Crippen molar-refractivity contribution in [3.63, 3.8) is 0 Å². The van der Waals surface area contributed by atoms with Gasteiger partial charge < -0.3 is 10.4 Å². The summed E-state index contributed by atoms with van der Waals surface area (Å²) in [5.74, 6) is 0.332. The highest BCUT2D eigenvalue weighted by molar-refractivity contribution is 6.33. The van der Waals surface area contributed by atoms with Crippen molar-refractivity contribution in [2.45, 2.75) is 20.4 Å². The number of nitrogens with one attached hydrogen (secondary N) is 1. The van der Waals surface area contributed by atoms with Gasteiger partial charge in [-0.1, -0.05) is 23.7 Å². The summed E-state index contributed by atoms with van der Waals surface area (Å²) in [7, 11) is 0. The zero-order valence-electron chi connectivity index (χ0n) is 11.4. The van der Waals surface area contributed by atoms with E-state index in [1.165, 1.54) is 0 Å². The van der Waals surface area contributed by atoms with E-state index in [0.717, 1.165) is 22.4 Å². The van der Waals surface area contributed by atoms with Crippen LogP contribution in [0.5, 0.6) is 5.75 Å². The number of phenols is 1. The number of halogens is 1. The average molecular weight is 287 g/mol. The van der Waals surface area contributed by atoms with E-state index in [1.54, 1.807) is 18.2 Å². The second kappa shape index (κ2) is 5.85. The van der Waals surface area contributed by atoms with Crippen LogP contribution in [-0.4, -0.2) is 5.11 Å². The van der Waals surface area contributed by atoms with Crippen LogP contribution in [0, 0.1) is 25.2 Å². The molecule has 2 rings (SSSR count). The SMILES string of the molecule is Cc1cc(CNc2cc(C#N)ccc2Cl)cc(C)c1O. The summed E-state index contributed by atoms with van der Waals surface area (Å²) in [4.78, 5) is 0. The third-order valence-electron chi connectivity index (χ3n) is 3.13. The molecular weight excluding hydrogens is 272 g/mol. The van der Waals surface area contributed by atoms with Crippen molar-refractivity contribution in [2.75, 3.05) is 5.32 Å². The molecule has 0 saturated heterocycles. The highest BCUT2D eigenvalue weighted by atomic mass is 35.5. The maximum Gasteiger partial charge on any atom is 0.121 e. The smallest absolute Gasteiger partial charge is 0.121 e. The third kappa shape index (κ3) is 3.04. The van der Waals surface area contributed by atoms with Gasteiger partial charge in [0.25, 0.3) is 0 Å². The van der Waals surface area contributed by atoms with E-state index in [-0.39, 0.29) is 0 Å². The number of aryl methyl sites for hydroxylation is 2. The average Bonchev–Trinajstić information content (AvgIpc) is 2.43. The summed E-state index contributed by atoms with van der Waals surface area (Å²) < 4.78 is 0. The lowest BCUT2D eigenvalue weighted by molar-refractivity contribution is 0.466. The molecule has 0 unspecified atom stereocenters. The molecule has 20 heavy (non-hydrogen) atoms. The molecular formula is C16H15ClN2O. The van der Waals surface area contributed by atoms with E-state index in [0.29, 0.717) is 22.9 Å². The molecule has 0 aliphatic rings. The molecule has 0 spiro atoms. The van der Waals surface area contributed by atoms with Crippen molar-refractivity contribution >= 4 is 17.3 Å². The highest BCUT2D eigenvalue weighted by Crippen LogP contribution is 2.26. The van der Waals surface area contributed by atoms with Gasteiger partial charge in [-0.15, -0.1) is 0 Å². The minimum Gasteiger partial charge on any atom is -0.507 e. The Morgan fingerprint density at radius 1 is 1.20 bits per heavy atom. The third-order valence-corrected chi connectivity index (χ3v) is 3.46. The van der Waals surface area contributed by atoms with Crippen LogP contribution in [0.25, 0.3) is 0 Å². The van der Waals surface area contributed by atoms with Crippen LogP contribution in [-0.2, 0) is 6.54 Å². The summed E-state index contributed by atoms with van der Waals surface area (Å²) in [6.07, 6.45) is 0. The summed E-state index contributed by atoms with van der Waals surface area (Å²) in [5, 5.41) is 22.4. The second-order valence-electron chi connectivity index (χ2n) is 4.74. The van der Waals surface area contributed by atoms with Gasteiger partial charge in [0.1, 0.15) is 5.75 Å². The lowest BCUT2D eigenvalue weighted by atomic mass is 10.1. The van der Waals surface area contributed by atoms with E-state index < -0.39 is 0 Å². The monoisotopic (exact) mass is 286 g/mol. The molecule has 0 bridgehead atoms. The lowest BCUT2D eigenvalue weighted by Gasteiger charge is -2.11. The van der Waals surface area contributed by atoms with Crippen LogP contribution in [0.15, 0.2) is 30.3 Å². The van der Waals surface area contributed by atoms with Gasteiger partial charge in [-0.05, 0) is 48.7 Å². The first-order valence-electron chi connectivity index (χ1n) is 6.24. The number of hydrogen-bond donors (Lipinski definition) is 2. The predicted octanol–water partition coefficient (Wildman–Crippen LogP) is 4.15. The number of nitriles is 1. The fraction of sp³-hybridized carbons (Fsp3) is 0.188.